The van der Waals surface area contributed by atoms with Crippen LogP contribution in [-0.4, -0.2) is 30.2 Å². The number of hydrogen-bond acceptors (Lipinski definition) is 5. The lowest BCUT2D eigenvalue weighted by molar-refractivity contribution is -0.146. The summed E-state index contributed by atoms with van der Waals surface area (Å²) in [6.45, 7) is 2.42. The zero-order chi connectivity index (χ0) is 19.8. The average molecular weight is 368 g/mol. The van der Waals surface area contributed by atoms with Gasteiger partial charge in [0.1, 0.15) is 0 Å². The molecule has 0 aliphatic rings. The predicted molar refractivity (Wildman–Crippen MR) is 100 cm³/mol. The van der Waals surface area contributed by atoms with Crippen molar-refractivity contribution >= 4 is 34.9 Å². The number of hydrogen-bond donors (Lipinski definition) is 2. The molecule has 2 N–H and O–H groups in total. The fraction of sp³-hybridized carbons (Fsp3) is 0.200. The number of nitrogens with one attached hydrogen (secondary N) is 2. The molecule has 0 spiro atoms. The molecule has 0 bridgehead atoms. The van der Waals surface area contributed by atoms with Crippen LogP contribution in [-0.2, 0) is 25.5 Å². The van der Waals surface area contributed by atoms with Crippen LogP contribution in [0.15, 0.2) is 48.5 Å². The van der Waals surface area contributed by atoms with E-state index in [-0.39, 0.29) is 18.1 Å². The molecule has 2 amide bonds. The number of amides is 2. The number of rotatable bonds is 7. The Morgan fingerprint density at radius 1 is 0.889 bits per heavy atom. The summed E-state index contributed by atoms with van der Waals surface area (Å²) in [6, 6.07) is 13.2. The third-order valence-electron chi connectivity index (χ3n) is 3.54. The molecule has 7 heteroatoms. The maximum absolute atomic E-state index is 11.9. The van der Waals surface area contributed by atoms with Crippen molar-refractivity contribution < 1.29 is 23.9 Å². The Morgan fingerprint density at radius 2 is 1.59 bits per heavy atom. The first kappa shape index (κ1) is 19.8. The second kappa shape index (κ2) is 9.28. The molecule has 0 aliphatic heterocycles. The summed E-state index contributed by atoms with van der Waals surface area (Å²) < 4.78 is 4.96. The van der Waals surface area contributed by atoms with Crippen LogP contribution < -0.4 is 10.6 Å². The van der Waals surface area contributed by atoms with Crippen LogP contribution in [0.2, 0.25) is 0 Å². The minimum absolute atomic E-state index is 0.00739. The van der Waals surface area contributed by atoms with Gasteiger partial charge in [0.25, 0.3) is 5.91 Å². The lowest BCUT2D eigenvalue weighted by atomic mass is 10.1. The average Bonchev–Trinajstić information content (AvgIpc) is 2.61. The van der Waals surface area contributed by atoms with E-state index in [4.69, 9.17) is 4.74 Å². The molecule has 2 rings (SSSR count). The van der Waals surface area contributed by atoms with E-state index in [0.29, 0.717) is 22.5 Å². The summed E-state index contributed by atoms with van der Waals surface area (Å²) in [6.07, 6.45) is 0.00739. The Balaban J connectivity index is 1.81. The van der Waals surface area contributed by atoms with E-state index in [1.54, 1.807) is 48.5 Å². The topological polar surface area (TPSA) is 102 Å². The highest BCUT2D eigenvalue weighted by Crippen LogP contribution is 2.12. The first-order chi connectivity index (χ1) is 12.8. The number of esters is 1. The Kier molecular flexibility index (Phi) is 6.82. The van der Waals surface area contributed by atoms with Crippen LogP contribution in [0.4, 0.5) is 11.4 Å². The molecule has 0 saturated heterocycles. The maximum atomic E-state index is 11.9. The summed E-state index contributed by atoms with van der Waals surface area (Å²) in [7, 11) is 0. The molecule has 0 atom stereocenters. The lowest BCUT2D eigenvalue weighted by Crippen LogP contribution is -2.21. The van der Waals surface area contributed by atoms with E-state index in [1.165, 1.54) is 13.8 Å². The number of anilines is 2. The third-order valence-corrected chi connectivity index (χ3v) is 3.54. The number of carbonyl (C=O) groups is 4. The Bertz CT molecular complexity index is 859. The molecule has 0 saturated carbocycles. The number of ether oxygens (including phenoxy) is 1. The molecular formula is C20H20N2O5. The zero-order valence-electron chi connectivity index (χ0n) is 15.1. The van der Waals surface area contributed by atoms with Crippen molar-refractivity contribution in [3.05, 3.63) is 59.7 Å². The minimum atomic E-state index is -0.546. The molecule has 2 aromatic carbocycles. The molecular weight excluding hydrogens is 348 g/mol. The number of carbonyl (C=O) groups excluding carboxylic acids is 4. The molecule has 27 heavy (non-hydrogen) atoms. The van der Waals surface area contributed by atoms with E-state index in [9.17, 15) is 19.2 Å². The van der Waals surface area contributed by atoms with Gasteiger partial charge < -0.3 is 15.4 Å². The van der Waals surface area contributed by atoms with E-state index in [2.05, 4.69) is 10.6 Å². The fourth-order valence-corrected chi connectivity index (χ4v) is 2.29. The first-order valence-corrected chi connectivity index (χ1v) is 8.26. The zero-order valence-corrected chi connectivity index (χ0v) is 15.1. The summed E-state index contributed by atoms with van der Waals surface area (Å²) in [4.78, 5) is 46.1. The number of Topliss-reactive ketones (excluding diaryl/α,β-unsaturated/α-hetero) is 1. The van der Waals surface area contributed by atoms with E-state index in [0.717, 1.165) is 0 Å². The highest BCUT2D eigenvalue weighted by atomic mass is 16.5. The standard InChI is InChI=1S/C20H20N2O5/c1-13(23)16-4-3-5-18(11-16)22-19(25)12-27-20(26)10-15-6-8-17(9-7-15)21-14(2)24/h3-9,11H,10,12H2,1-2H3,(H,21,24)(H,22,25). The SMILES string of the molecule is CC(=O)Nc1ccc(CC(=O)OCC(=O)Nc2cccc(C(C)=O)c2)cc1. The van der Waals surface area contributed by atoms with Crippen molar-refractivity contribution in [3.8, 4) is 0 Å². The quantitative estimate of drug-likeness (QED) is 0.578. The van der Waals surface area contributed by atoms with Crippen molar-refractivity contribution in [2.24, 2.45) is 0 Å². The van der Waals surface area contributed by atoms with Crippen LogP contribution in [0.25, 0.3) is 0 Å². The van der Waals surface area contributed by atoms with Crippen LogP contribution in [0.1, 0.15) is 29.8 Å². The number of ketones is 1. The monoisotopic (exact) mass is 368 g/mol. The van der Waals surface area contributed by atoms with Crippen molar-refractivity contribution in [2.75, 3.05) is 17.2 Å². The largest absolute Gasteiger partial charge is 0.455 e. The van der Waals surface area contributed by atoms with Gasteiger partial charge in [0, 0.05) is 23.9 Å². The highest BCUT2D eigenvalue weighted by molar-refractivity contribution is 5.97. The molecule has 0 radical (unpaired) electrons. The molecule has 0 fully saturated rings. The van der Waals surface area contributed by atoms with E-state index in [1.807, 2.05) is 0 Å². The Labute approximate surface area is 156 Å². The van der Waals surface area contributed by atoms with Gasteiger partial charge in [-0.3, -0.25) is 19.2 Å². The lowest BCUT2D eigenvalue weighted by Gasteiger charge is -2.08. The van der Waals surface area contributed by atoms with Crippen LogP contribution in [0, 0.1) is 0 Å². The van der Waals surface area contributed by atoms with E-state index < -0.39 is 18.5 Å². The van der Waals surface area contributed by atoms with Gasteiger partial charge in [-0.25, -0.2) is 0 Å². The summed E-state index contributed by atoms with van der Waals surface area (Å²) in [5.74, 6) is -1.33. The van der Waals surface area contributed by atoms with Gasteiger partial charge in [0.05, 0.1) is 6.42 Å². The van der Waals surface area contributed by atoms with Gasteiger partial charge in [0.2, 0.25) is 5.91 Å². The van der Waals surface area contributed by atoms with Crippen LogP contribution >= 0.6 is 0 Å². The van der Waals surface area contributed by atoms with Gasteiger partial charge in [0.15, 0.2) is 12.4 Å². The van der Waals surface area contributed by atoms with Gasteiger partial charge in [-0.2, -0.15) is 0 Å². The predicted octanol–water partition coefficient (Wildman–Crippen LogP) is 2.57. The Hall–Kier alpha value is -3.48. The molecule has 7 nitrogen and oxygen atoms in total. The molecule has 0 unspecified atom stereocenters. The number of benzene rings is 2. The molecule has 0 aromatic heterocycles. The van der Waals surface area contributed by atoms with Gasteiger partial charge in [-0.05, 0) is 36.8 Å². The van der Waals surface area contributed by atoms with Gasteiger partial charge in [-0.1, -0.05) is 24.3 Å². The van der Waals surface area contributed by atoms with Crippen molar-refractivity contribution in [3.63, 3.8) is 0 Å². The molecule has 140 valence electrons. The first-order valence-electron chi connectivity index (χ1n) is 8.26. The second-order valence-corrected chi connectivity index (χ2v) is 5.90. The summed E-state index contributed by atoms with van der Waals surface area (Å²) in [5, 5.41) is 5.20. The van der Waals surface area contributed by atoms with Gasteiger partial charge >= 0.3 is 5.97 Å². The molecule has 0 heterocycles. The van der Waals surface area contributed by atoms with Crippen LogP contribution in [0.5, 0.6) is 0 Å². The highest BCUT2D eigenvalue weighted by Gasteiger charge is 2.10. The maximum Gasteiger partial charge on any atom is 0.310 e. The van der Waals surface area contributed by atoms with Crippen molar-refractivity contribution in [1.82, 2.24) is 0 Å². The smallest absolute Gasteiger partial charge is 0.310 e. The third kappa shape index (κ3) is 6.74. The fourth-order valence-electron chi connectivity index (χ4n) is 2.29. The molecule has 2 aromatic rings. The molecule has 0 aliphatic carbocycles. The normalized spacial score (nSPS) is 10.0. The van der Waals surface area contributed by atoms with Gasteiger partial charge in [-0.15, -0.1) is 0 Å². The van der Waals surface area contributed by atoms with E-state index >= 15 is 0 Å². The second-order valence-electron chi connectivity index (χ2n) is 5.90. The Morgan fingerprint density at radius 3 is 2.22 bits per heavy atom. The minimum Gasteiger partial charge on any atom is -0.455 e. The summed E-state index contributed by atoms with van der Waals surface area (Å²) in [5.41, 5.74) is 2.26. The summed E-state index contributed by atoms with van der Waals surface area (Å²) >= 11 is 0. The van der Waals surface area contributed by atoms with Crippen LogP contribution in [0.3, 0.4) is 0 Å². The van der Waals surface area contributed by atoms with Crippen molar-refractivity contribution in [2.45, 2.75) is 20.3 Å². The van der Waals surface area contributed by atoms with Crippen molar-refractivity contribution in [1.29, 1.82) is 0 Å².